The number of amides is 1. The number of nitriles is 1. The molecule has 2 aliphatic rings. The molecule has 0 bridgehead atoms. The monoisotopic (exact) mass is 430 g/mol. The van der Waals surface area contributed by atoms with Gasteiger partial charge in [0.15, 0.2) is 0 Å². The van der Waals surface area contributed by atoms with Crippen molar-refractivity contribution in [2.24, 2.45) is 5.92 Å². The van der Waals surface area contributed by atoms with Gasteiger partial charge in [-0.15, -0.1) is 0 Å². The smallest absolute Gasteiger partial charge is 0.414 e. The summed E-state index contributed by atoms with van der Waals surface area (Å²) in [5.74, 6) is 0.784. The molecule has 0 spiro atoms. The van der Waals surface area contributed by atoms with Crippen LogP contribution in [0.3, 0.4) is 0 Å². The molecule has 162 valence electrons. The maximum Gasteiger partial charge on any atom is 0.414 e. The van der Waals surface area contributed by atoms with Gasteiger partial charge in [-0.3, -0.25) is 0 Å². The number of hydrogen-bond acceptors (Lipinski definition) is 8. The average molecular weight is 430 g/mol. The summed E-state index contributed by atoms with van der Waals surface area (Å²) in [7, 11) is 0. The molecular weight excluding hydrogens is 408 g/mol. The second kappa shape index (κ2) is 7.89. The minimum Gasteiger partial charge on any atom is -0.474 e. The lowest BCUT2D eigenvalue weighted by Crippen LogP contribution is -2.45. The average Bonchev–Trinajstić information content (AvgIpc) is 2.76. The summed E-state index contributed by atoms with van der Waals surface area (Å²) in [6.45, 7) is 3.33. The number of carbonyl (C=O) groups is 1. The van der Waals surface area contributed by atoms with E-state index in [0.717, 1.165) is 39.7 Å². The molecule has 4 N–H and O–H groups in total. The van der Waals surface area contributed by atoms with Gasteiger partial charge in [-0.2, -0.15) is 5.26 Å². The molecule has 32 heavy (non-hydrogen) atoms. The number of ether oxygens (including phenoxy) is 2. The number of anilines is 2. The quantitative estimate of drug-likeness (QED) is 0.538. The molecule has 0 saturated heterocycles. The van der Waals surface area contributed by atoms with Crippen molar-refractivity contribution in [2.75, 3.05) is 24.2 Å². The molecule has 9 nitrogen and oxygen atoms in total. The topological polar surface area (TPSA) is 135 Å². The van der Waals surface area contributed by atoms with Crippen LogP contribution in [0, 0.1) is 24.2 Å². The molecule has 1 aliphatic carbocycles. The number of carbonyl (C=O) groups excluding carboxylic acids is 1. The van der Waals surface area contributed by atoms with E-state index in [9.17, 15) is 4.79 Å². The van der Waals surface area contributed by atoms with Crippen molar-refractivity contribution in [3.8, 4) is 29.0 Å². The summed E-state index contributed by atoms with van der Waals surface area (Å²) in [4.78, 5) is 20.8. The van der Waals surface area contributed by atoms with Crippen molar-refractivity contribution in [3.63, 3.8) is 0 Å². The van der Waals surface area contributed by atoms with Crippen molar-refractivity contribution < 1.29 is 14.3 Å². The molecule has 9 heteroatoms. The van der Waals surface area contributed by atoms with E-state index < -0.39 is 6.09 Å². The van der Waals surface area contributed by atoms with Gasteiger partial charge in [0, 0.05) is 47.7 Å². The van der Waals surface area contributed by atoms with Gasteiger partial charge in [-0.25, -0.2) is 14.8 Å². The van der Waals surface area contributed by atoms with Crippen LogP contribution in [0.4, 0.5) is 16.2 Å². The predicted molar refractivity (Wildman–Crippen MR) is 119 cm³/mol. The molecule has 1 saturated carbocycles. The highest BCUT2D eigenvalue weighted by atomic mass is 16.6. The first-order chi connectivity index (χ1) is 15.5. The zero-order valence-corrected chi connectivity index (χ0v) is 17.5. The Morgan fingerprint density at radius 3 is 2.97 bits per heavy atom. The second-order valence-electron chi connectivity index (χ2n) is 8.09. The Bertz CT molecular complexity index is 1260. The Morgan fingerprint density at radius 1 is 1.31 bits per heavy atom. The summed E-state index contributed by atoms with van der Waals surface area (Å²) in [6.07, 6.45) is 4.08. The third-order valence-electron chi connectivity index (χ3n) is 5.94. The Balaban J connectivity index is 1.42. The van der Waals surface area contributed by atoms with Crippen LogP contribution in [-0.2, 0) is 0 Å². The lowest BCUT2D eigenvalue weighted by Gasteiger charge is -2.30. The van der Waals surface area contributed by atoms with Crippen molar-refractivity contribution in [3.05, 3.63) is 36.2 Å². The van der Waals surface area contributed by atoms with E-state index >= 15 is 0 Å². The summed E-state index contributed by atoms with van der Waals surface area (Å²) < 4.78 is 11.0. The standard InChI is InChI=1S/C23H22N6O3/c1-12-17(10-28-22-21(12)26-2-3-31-22)14-6-15-8-20(27-11-18(15)19(25)7-14)32-23(30)29-16-4-13(5-16)9-24/h6-8,10-11,13,16,26H,2-5,25H2,1H3,(H,29,30). The number of hydrogen-bond donors (Lipinski definition) is 3. The molecule has 1 aliphatic heterocycles. The van der Waals surface area contributed by atoms with E-state index in [0.29, 0.717) is 31.0 Å². The van der Waals surface area contributed by atoms with E-state index in [2.05, 4.69) is 26.7 Å². The van der Waals surface area contributed by atoms with Crippen LogP contribution in [-0.4, -0.2) is 35.3 Å². The molecule has 1 fully saturated rings. The number of pyridine rings is 2. The Morgan fingerprint density at radius 2 is 2.16 bits per heavy atom. The largest absolute Gasteiger partial charge is 0.474 e. The van der Waals surface area contributed by atoms with Crippen LogP contribution >= 0.6 is 0 Å². The highest BCUT2D eigenvalue weighted by Gasteiger charge is 2.30. The van der Waals surface area contributed by atoms with Crippen LogP contribution in [0.2, 0.25) is 0 Å². The van der Waals surface area contributed by atoms with E-state index in [1.54, 1.807) is 18.5 Å². The molecule has 3 aromatic rings. The number of rotatable bonds is 3. The third kappa shape index (κ3) is 3.60. The number of benzene rings is 1. The number of nitrogens with one attached hydrogen (secondary N) is 2. The van der Waals surface area contributed by atoms with E-state index in [4.69, 9.17) is 20.5 Å². The van der Waals surface area contributed by atoms with Crippen molar-refractivity contribution in [1.29, 1.82) is 5.26 Å². The van der Waals surface area contributed by atoms with Crippen LogP contribution < -0.4 is 25.8 Å². The van der Waals surface area contributed by atoms with Gasteiger partial charge >= 0.3 is 6.09 Å². The van der Waals surface area contributed by atoms with Gasteiger partial charge in [0.2, 0.25) is 11.8 Å². The van der Waals surface area contributed by atoms with Crippen molar-refractivity contribution >= 4 is 28.2 Å². The lowest BCUT2D eigenvalue weighted by atomic mass is 9.81. The normalized spacial score (nSPS) is 19.0. The van der Waals surface area contributed by atoms with Crippen molar-refractivity contribution in [1.82, 2.24) is 15.3 Å². The van der Waals surface area contributed by atoms with E-state index in [-0.39, 0.29) is 17.8 Å². The van der Waals surface area contributed by atoms with Crippen LogP contribution in [0.5, 0.6) is 11.8 Å². The molecule has 1 amide bonds. The fourth-order valence-electron chi connectivity index (χ4n) is 4.12. The fourth-order valence-corrected chi connectivity index (χ4v) is 4.12. The lowest BCUT2D eigenvalue weighted by molar-refractivity contribution is 0.180. The molecule has 0 unspecified atom stereocenters. The van der Waals surface area contributed by atoms with Gasteiger partial charge in [0.25, 0.3) is 0 Å². The van der Waals surface area contributed by atoms with E-state index in [1.807, 2.05) is 19.1 Å². The third-order valence-corrected chi connectivity index (χ3v) is 5.94. The minimum absolute atomic E-state index is 0.00351. The molecule has 2 aromatic heterocycles. The molecular formula is C23H22N6O3. The second-order valence-corrected chi connectivity index (χ2v) is 8.09. The van der Waals surface area contributed by atoms with Gasteiger partial charge in [0.1, 0.15) is 12.3 Å². The summed E-state index contributed by atoms with van der Waals surface area (Å²) in [5.41, 5.74) is 10.6. The Kier molecular flexibility index (Phi) is 4.90. The van der Waals surface area contributed by atoms with Crippen LogP contribution in [0.1, 0.15) is 18.4 Å². The molecule has 3 heterocycles. The summed E-state index contributed by atoms with van der Waals surface area (Å²) in [5, 5.41) is 16.5. The summed E-state index contributed by atoms with van der Waals surface area (Å²) in [6, 6.07) is 7.71. The number of nitrogens with zero attached hydrogens (tertiary/aromatic N) is 3. The zero-order chi connectivity index (χ0) is 22.2. The molecule has 0 radical (unpaired) electrons. The first kappa shape index (κ1) is 19.9. The molecule has 0 atom stereocenters. The van der Waals surface area contributed by atoms with Crippen molar-refractivity contribution in [2.45, 2.75) is 25.8 Å². The van der Waals surface area contributed by atoms with Crippen LogP contribution in [0.15, 0.2) is 30.6 Å². The molecule has 5 rings (SSSR count). The predicted octanol–water partition coefficient (Wildman–Crippen LogP) is 3.38. The summed E-state index contributed by atoms with van der Waals surface area (Å²) >= 11 is 0. The van der Waals surface area contributed by atoms with Gasteiger partial charge in [-0.05, 0) is 48.4 Å². The zero-order valence-electron chi connectivity index (χ0n) is 17.5. The highest BCUT2D eigenvalue weighted by Crippen LogP contribution is 2.37. The number of nitrogen functional groups attached to an aromatic ring is 1. The van der Waals surface area contributed by atoms with Gasteiger partial charge < -0.3 is 25.8 Å². The number of fused-ring (bicyclic) bond motifs is 2. The number of aromatic nitrogens is 2. The van der Waals surface area contributed by atoms with Crippen LogP contribution in [0.25, 0.3) is 21.9 Å². The maximum absolute atomic E-state index is 12.2. The minimum atomic E-state index is -0.580. The Hall–Kier alpha value is -4.06. The fraction of sp³-hybridized carbons (Fsp3) is 0.304. The van der Waals surface area contributed by atoms with E-state index in [1.165, 1.54) is 0 Å². The first-order valence-electron chi connectivity index (χ1n) is 10.5. The highest BCUT2D eigenvalue weighted by molar-refractivity contribution is 5.97. The Labute approximate surface area is 184 Å². The van der Waals surface area contributed by atoms with Gasteiger partial charge in [0.05, 0.1) is 12.0 Å². The maximum atomic E-state index is 12.2. The molecule has 1 aromatic carbocycles. The number of nitrogens with two attached hydrogens (primary N) is 1. The first-order valence-corrected chi connectivity index (χ1v) is 10.5. The SMILES string of the molecule is Cc1c(-c2cc(N)c3cnc(OC(=O)NC4CC(C#N)C4)cc3c2)cnc2c1NCCO2. The van der Waals surface area contributed by atoms with Gasteiger partial charge in [-0.1, -0.05) is 0 Å².